The van der Waals surface area contributed by atoms with E-state index in [4.69, 9.17) is 36.9 Å². The number of carbonyl (C=O) groups excluding carboxylic acids is 2. The quantitative estimate of drug-likeness (QED) is 0.171. The number of ketones is 1. The molecule has 3 unspecified atom stereocenters. The number of fused-ring (bicyclic) bond motifs is 2. The van der Waals surface area contributed by atoms with Crippen molar-refractivity contribution in [3.63, 3.8) is 0 Å². The summed E-state index contributed by atoms with van der Waals surface area (Å²) in [6.45, 7) is 0. The van der Waals surface area contributed by atoms with Crippen LogP contribution < -0.4 is 15.2 Å². The van der Waals surface area contributed by atoms with Crippen molar-refractivity contribution in [2.24, 2.45) is 17.6 Å². The van der Waals surface area contributed by atoms with Gasteiger partial charge in [0.05, 0.1) is 31.6 Å². The molecular weight excluding hydrogens is 576 g/mol. The van der Waals surface area contributed by atoms with E-state index < -0.39 is 12.0 Å². The second kappa shape index (κ2) is 13.0. The number of thioether (sulfide) groups is 1. The minimum Gasteiger partial charge on any atom is -0.497 e. The van der Waals surface area contributed by atoms with Crippen LogP contribution in [-0.2, 0) is 20.8 Å². The molecule has 2 heterocycles. The number of furan rings is 1. The molecule has 11 heteroatoms. The van der Waals surface area contributed by atoms with E-state index in [2.05, 4.69) is 0 Å². The van der Waals surface area contributed by atoms with Crippen LogP contribution in [0.25, 0.3) is 17.4 Å². The van der Waals surface area contributed by atoms with Crippen LogP contribution in [0.15, 0.2) is 33.6 Å². The Bertz CT molecular complexity index is 1400. The van der Waals surface area contributed by atoms with Crippen molar-refractivity contribution in [2.45, 2.75) is 69.9 Å². The summed E-state index contributed by atoms with van der Waals surface area (Å²) in [6.07, 6.45) is 8.00. The zero-order valence-corrected chi connectivity index (χ0v) is 25.4. The Morgan fingerprint density at radius 2 is 1.90 bits per heavy atom. The van der Waals surface area contributed by atoms with Gasteiger partial charge in [0.2, 0.25) is 0 Å². The van der Waals surface area contributed by atoms with Gasteiger partial charge >= 0.3 is 5.97 Å². The highest BCUT2D eigenvalue weighted by molar-refractivity contribution is 8.26. The normalized spacial score (nSPS) is 23.2. The van der Waals surface area contributed by atoms with Crippen LogP contribution in [-0.4, -0.2) is 58.3 Å². The molecular formula is C31H36N2O7S2. The van der Waals surface area contributed by atoms with Gasteiger partial charge < -0.3 is 24.7 Å². The third-order valence-electron chi connectivity index (χ3n) is 8.52. The van der Waals surface area contributed by atoms with Gasteiger partial charge in [-0.1, -0.05) is 30.4 Å². The standard InChI is InChI=1S/C31H36N2O7S2/c1-38-21-11-20(12-22(14-21)39-2)26-13-19(5-3-4-6-25(34)23(32)15-29(35)36)27(40-26)16-28-30(37)33(31(41)42-28)24-10-17-7-8-18(24)9-17/h11-14,16-18,23-24H,3-10,15,32H2,1-2H3,(H,35,36)/b28-16-/t17?,18?,23-,24?/m0/s1. The average Bonchev–Trinajstić information content (AvgIpc) is 3.75. The minimum atomic E-state index is -1.09. The van der Waals surface area contributed by atoms with E-state index in [1.807, 2.05) is 23.1 Å². The summed E-state index contributed by atoms with van der Waals surface area (Å²) in [5, 5.41) is 8.90. The van der Waals surface area contributed by atoms with Gasteiger partial charge in [0.1, 0.15) is 33.1 Å². The number of methoxy groups -OCH3 is 2. The number of carboxylic acids is 1. The maximum absolute atomic E-state index is 13.6. The fourth-order valence-electron chi connectivity index (χ4n) is 6.37. The molecule has 3 fully saturated rings. The van der Waals surface area contributed by atoms with E-state index in [9.17, 15) is 14.4 Å². The van der Waals surface area contributed by atoms with Crippen molar-refractivity contribution in [1.82, 2.24) is 4.90 Å². The molecule has 4 atom stereocenters. The first-order valence-electron chi connectivity index (χ1n) is 14.3. The highest BCUT2D eigenvalue weighted by atomic mass is 32.2. The highest BCUT2D eigenvalue weighted by Crippen LogP contribution is 2.49. The zero-order chi connectivity index (χ0) is 30.0. The van der Waals surface area contributed by atoms with Gasteiger partial charge in [0.25, 0.3) is 5.91 Å². The lowest BCUT2D eigenvalue weighted by atomic mass is 9.94. The van der Waals surface area contributed by atoms with Crippen LogP contribution >= 0.6 is 24.0 Å². The zero-order valence-electron chi connectivity index (χ0n) is 23.8. The number of ether oxygens (including phenoxy) is 2. The molecule has 42 heavy (non-hydrogen) atoms. The van der Waals surface area contributed by atoms with Crippen molar-refractivity contribution in [2.75, 3.05) is 14.2 Å². The number of hydrogen-bond acceptors (Lipinski definition) is 9. The number of Topliss-reactive ketones (excluding diaryl/α,β-unsaturated/α-hetero) is 1. The molecule has 0 spiro atoms. The van der Waals surface area contributed by atoms with E-state index in [-0.39, 0.29) is 30.6 Å². The van der Waals surface area contributed by atoms with E-state index in [0.29, 0.717) is 63.3 Å². The molecule has 2 aliphatic carbocycles. The molecule has 1 aliphatic heterocycles. The average molecular weight is 613 g/mol. The second-order valence-corrected chi connectivity index (χ2v) is 12.9. The third-order valence-corrected chi connectivity index (χ3v) is 9.85. The SMILES string of the molecule is COc1cc(OC)cc(-c2cc(CCCCC(=O)[C@@H](N)CC(=O)O)c(/C=C3\SC(=S)N(C4CC5CCC4C5)C3=O)o2)c1. The Balaban J connectivity index is 1.38. The molecule has 2 bridgehead atoms. The number of nitrogens with two attached hydrogens (primary N) is 1. The van der Waals surface area contributed by atoms with Crippen molar-refractivity contribution < 1.29 is 33.4 Å². The fourth-order valence-corrected chi connectivity index (χ4v) is 7.71. The number of carboxylic acid groups (broad SMARTS) is 1. The number of aryl methyl sites for hydroxylation is 1. The molecule has 5 rings (SSSR count). The number of nitrogens with zero attached hydrogens (tertiary/aromatic N) is 1. The first-order valence-corrected chi connectivity index (χ1v) is 15.5. The Morgan fingerprint density at radius 1 is 1.17 bits per heavy atom. The van der Waals surface area contributed by atoms with Gasteiger partial charge in [-0.05, 0) is 74.1 Å². The Hall–Kier alpha value is -3.15. The van der Waals surface area contributed by atoms with Crippen LogP contribution in [0.3, 0.4) is 0 Å². The molecule has 3 aliphatic rings. The smallest absolute Gasteiger partial charge is 0.305 e. The predicted octanol–water partition coefficient (Wildman–Crippen LogP) is 5.44. The lowest BCUT2D eigenvalue weighted by Crippen LogP contribution is -2.41. The first kappa shape index (κ1) is 30.3. The molecule has 224 valence electrons. The number of thiocarbonyl (C=S) groups is 1. The van der Waals surface area contributed by atoms with Crippen LogP contribution in [0.2, 0.25) is 0 Å². The number of carbonyl (C=O) groups is 3. The van der Waals surface area contributed by atoms with Crippen molar-refractivity contribution in [1.29, 1.82) is 0 Å². The second-order valence-electron chi connectivity index (χ2n) is 11.3. The largest absolute Gasteiger partial charge is 0.497 e. The number of benzene rings is 1. The van der Waals surface area contributed by atoms with Crippen molar-refractivity contribution in [3.05, 3.63) is 40.5 Å². The van der Waals surface area contributed by atoms with Gasteiger partial charge in [0, 0.05) is 30.2 Å². The van der Waals surface area contributed by atoms with Crippen molar-refractivity contribution in [3.8, 4) is 22.8 Å². The maximum atomic E-state index is 13.6. The molecule has 9 nitrogen and oxygen atoms in total. The summed E-state index contributed by atoms with van der Waals surface area (Å²) in [7, 11) is 3.17. The van der Waals surface area contributed by atoms with Gasteiger partial charge in [-0.15, -0.1) is 0 Å². The highest BCUT2D eigenvalue weighted by Gasteiger charge is 2.48. The maximum Gasteiger partial charge on any atom is 0.305 e. The lowest BCUT2D eigenvalue weighted by Gasteiger charge is -2.30. The molecule has 1 saturated heterocycles. The molecule has 2 aromatic rings. The topological polar surface area (TPSA) is 132 Å². The Morgan fingerprint density at radius 3 is 2.52 bits per heavy atom. The van der Waals surface area contributed by atoms with Crippen LogP contribution in [0.1, 0.15) is 62.7 Å². The number of unbranched alkanes of at least 4 members (excludes halogenated alkanes) is 1. The summed E-state index contributed by atoms with van der Waals surface area (Å²) in [4.78, 5) is 39.1. The Labute approximate surface area is 254 Å². The molecule has 2 saturated carbocycles. The van der Waals surface area contributed by atoms with Crippen LogP contribution in [0.4, 0.5) is 0 Å². The minimum absolute atomic E-state index is 0.0625. The van der Waals surface area contributed by atoms with Gasteiger partial charge in [-0.3, -0.25) is 19.3 Å². The van der Waals surface area contributed by atoms with E-state index in [1.54, 1.807) is 26.4 Å². The van der Waals surface area contributed by atoms with E-state index in [0.717, 1.165) is 24.0 Å². The lowest BCUT2D eigenvalue weighted by molar-refractivity contribution is -0.139. The summed E-state index contributed by atoms with van der Waals surface area (Å²) in [5.74, 6) is 2.19. The number of amides is 1. The summed E-state index contributed by atoms with van der Waals surface area (Å²) in [5.41, 5.74) is 7.37. The van der Waals surface area contributed by atoms with Crippen LogP contribution in [0.5, 0.6) is 11.5 Å². The van der Waals surface area contributed by atoms with Crippen molar-refractivity contribution >= 4 is 52.0 Å². The number of hydrogen-bond donors (Lipinski definition) is 2. The van der Waals surface area contributed by atoms with Gasteiger partial charge in [-0.2, -0.15) is 0 Å². The number of rotatable bonds is 13. The summed E-state index contributed by atoms with van der Waals surface area (Å²) < 4.78 is 17.8. The first-order chi connectivity index (χ1) is 20.2. The predicted molar refractivity (Wildman–Crippen MR) is 164 cm³/mol. The van der Waals surface area contributed by atoms with E-state index >= 15 is 0 Å². The van der Waals surface area contributed by atoms with Crippen LogP contribution in [0, 0.1) is 11.8 Å². The third kappa shape index (κ3) is 6.58. The van der Waals surface area contributed by atoms with Gasteiger partial charge in [0.15, 0.2) is 0 Å². The molecule has 1 amide bonds. The molecule has 0 radical (unpaired) electrons. The van der Waals surface area contributed by atoms with Gasteiger partial charge in [-0.25, -0.2) is 0 Å². The molecule has 1 aromatic carbocycles. The Kier molecular flexibility index (Phi) is 9.39. The van der Waals surface area contributed by atoms with E-state index in [1.165, 1.54) is 24.6 Å². The molecule has 3 N–H and O–H groups in total. The summed E-state index contributed by atoms with van der Waals surface area (Å²) in [6, 6.07) is 6.61. The fraction of sp³-hybridized carbons (Fsp3) is 0.484. The number of aliphatic carboxylic acids is 1. The molecule has 1 aromatic heterocycles. The summed E-state index contributed by atoms with van der Waals surface area (Å²) >= 11 is 7.00. The monoisotopic (exact) mass is 612 g/mol.